The third-order valence-electron chi connectivity index (χ3n) is 5.28. The van der Waals surface area contributed by atoms with Crippen molar-refractivity contribution < 1.29 is 4.74 Å². The van der Waals surface area contributed by atoms with Crippen LogP contribution in [-0.4, -0.2) is 10.6 Å². The van der Waals surface area contributed by atoms with E-state index in [-0.39, 0.29) is 5.60 Å². The lowest BCUT2D eigenvalue weighted by Crippen LogP contribution is -2.41. The maximum atomic E-state index is 6.46. The predicted octanol–water partition coefficient (Wildman–Crippen LogP) is 5.46. The molecule has 1 aliphatic heterocycles. The van der Waals surface area contributed by atoms with Crippen LogP contribution in [0.1, 0.15) is 28.8 Å². The van der Waals surface area contributed by atoms with E-state index in [0.29, 0.717) is 0 Å². The van der Waals surface area contributed by atoms with E-state index >= 15 is 0 Å². The lowest BCUT2D eigenvalue weighted by atomic mass is 9.80. The van der Waals surface area contributed by atoms with Gasteiger partial charge in [-0.2, -0.15) is 0 Å². The van der Waals surface area contributed by atoms with Gasteiger partial charge in [-0.1, -0.05) is 29.3 Å². The van der Waals surface area contributed by atoms with Crippen LogP contribution in [0.15, 0.2) is 42.5 Å². The van der Waals surface area contributed by atoms with E-state index in [1.165, 1.54) is 27.7 Å². The van der Waals surface area contributed by atoms with Gasteiger partial charge >= 0.3 is 0 Å². The third kappa shape index (κ3) is 2.10. The first-order valence-electron chi connectivity index (χ1n) is 8.40. The van der Waals surface area contributed by atoms with E-state index in [0.717, 1.165) is 35.6 Å². The molecule has 1 aliphatic carbocycles. The molecule has 1 aromatic heterocycles. The number of halogens is 1. The highest BCUT2D eigenvalue weighted by molar-refractivity contribution is 6.30. The number of benzene rings is 2. The van der Waals surface area contributed by atoms with Gasteiger partial charge in [0.15, 0.2) is 0 Å². The lowest BCUT2D eigenvalue weighted by Gasteiger charge is -2.38. The van der Waals surface area contributed by atoms with Gasteiger partial charge in [0.1, 0.15) is 11.4 Å². The second-order valence-electron chi connectivity index (χ2n) is 6.99. The van der Waals surface area contributed by atoms with Crippen molar-refractivity contribution in [2.75, 3.05) is 0 Å². The first-order chi connectivity index (χ1) is 11.6. The summed E-state index contributed by atoms with van der Waals surface area (Å²) in [6, 6.07) is 12.5. The average Bonchev–Trinajstić information content (AvgIpc) is 2.92. The minimum absolute atomic E-state index is 0.243. The van der Waals surface area contributed by atoms with Crippen LogP contribution >= 0.6 is 11.6 Å². The number of H-pyrrole nitrogens is 1. The number of ether oxygens (including phenoxy) is 1. The maximum absolute atomic E-state index is 6.46. The van der Waals surface area contributed by atoms with Crippen molar-refractivity contribution in [3.05, 3.63) is 69.9 Å². The van der Waals surface area contributed by atoms with Gasteiger partial charge in [-0.3, -0.25) is 0 Å². The molecule has 2 aromatic carbocycles. The summed E-state index contributed by atoms with van der Waals surface area (Å²) in [6.45, 7) is 2.15. The lowest BCUT2D eigenvalue weighted by molar-refractivity contribution is 0.101. The van der Waals surface area contributed by atoms with Gasteiger partial charge in [0.25, 0.3) is 0 Å². The molecule has 2 heterocycles. The molecule has 1 spiro atoms. The Morgan fingerprint density at radius 2 is 2.08 bits per heavy atom. The second kappa shape index (κ2) is 4.90. The smallest absolute Gasteiger partial charge is 0.132 e. The van der Waals surface area contributed by atoms with Crippen LogP contribution in [0.25, 0.3) is 17.0 Å². The summed E-state index contributed by atoms with van der Waals surface area (Å²) in [5.74, 6) is 0.932. The summed E-state index contributed by atoms with van der Waals surface area (Å²) in [7, 11) is 0. The number of fused-ring (bicyclic) bond motifs is 4. The maximum Gasteiger partial charge on any atom is 0.132 e. The van der Waals surface area contributed by atoms with E-state index in [2.05, 4.69) is 42.3 Å². The summed E-state index contributed by atoms with van der Waals surface area (Å²) in [4.78, 5) is 3.59. The zero-order chi connectivity index (χ0) is 16.3. The molecule has 3 heteroatoms. The minimum atomic E-state index is -0.243. The zero-order valence-electron chi connectivity index (χ0n) is 13.5. The molecule has 0 radical (unpaired) electrons. The van der Waals surface area contributed by atoms with Crippen LogP contribution in [0.2, 0.25) is 5.02 Å². The number of hydrogen-bond donors (Lipinski definition) is 1. The van der Waals surface area contributed by atoms with Crippen molar-refractivity contribution in [2.45, 2.75) is 31.8 Å². The van der Waals surface area contributed by atoms with Crippen LogP contribution in [0.5, 0.6) is 5.75 Å². The molecule has 0 fully saturated rings. The summed E-state index contributed by atoms with van der Waals surface area (Å²) >= 11 is 6.09. The standard InChI is InChI=1S/C21H18ClNO/c1-13-2-4-18-16(10-13)17-12-21(9-7-19(17)23-18)8-6-14-11-15(22)3-5-20(14)24-21/h2-6,8,10-11,23H,7,9,12H2,1H3. The van der Waals surface area contributed by atoms with Crippen LogP contribution in [0.3, 0.4) is 0 Å². The third-order valence-corrected chi connectivity index (χ3v) is 5.51. The Hall–Kier alpha value is -2.19. The summed E-state index contributed by atoms with van der Waals surface area (Å²) < 4.78 is 6.46. The molecular weight excluding hydrogens is 318 g/mol. The molecule has 3 aromatic rings. The minimum Gasteiger partial charge on any atom is -0.482 e. The van der Waals surface area contributed by atoms with Crippen molar-refractivity contribution in [2.24, 2.45) is 0 Å². The van der Waals surface area contributed by atoms with Crippen molar-refractivity contribution in [3.8, 4) is 5.75 Å². The van der Waals surface area contributed by atoms with E-state index < -0.39 is 0 Å². The Bertz CT molecular complexity index is 1000. The Morgan fingerprint density at radius 1 is 1.17 bits per heavy atom. The molecule has 0 amide bonds. The number of aromatic amines is 1. The van der Waals surface area contributed by atoms with Crippen molar-refractivity contribution in [3.63, 3.8) is 0 Å². The second-order valence-corrected chi connectivity index (χ2v) is 7.43. The molecule has 24 heavy (non-hydrogen) atoms. The molecule has 1 unspecified atom stereocenters. The number of aromatic nitrogens is 1. The van der Waals surface area contributed by atoms with Gasteiger partial charge in [-0.25, -0.2) is 0 Å². The molecule has 1 atom stereocenters. The topological polar surface area (TPSA) is 25.0 Å². The molecule has 1 N–H and O–H groups in total. The summed E-state index contributed by atoms with van der Waals surface area (Å²) in [5.41, 5.74) is 6.11. The van der Waals surface area contributed by atoms with E-state index in [4.69, 9.17) is 16.3 Å². The summed E-state index contributed by atoms with van der Waals surface area (Å²) in [5, 5.41) is 2.08. The van der Waals surface area contributed by atoms with Crippen LogP contribution < -0.4 is 4.74 Å². The van der Waals surface area contributed by atoms with Crippen LogP contribution in [0.4, 0.5) is 0 Å². The van der Waals surface area contributed by atoms with Crippen LogP contribution in [-0.2, 0) is 12.8 Å². The predicted molar refractivity (Wildman–Crippen MR) is 98.9 cm³/mol. The highest BCUT2D eigenvalue weighted by Crippen LogP contribution is 2.41. The normalized spacial score (nSPS) is 21.6. The van der Waals surface area contributed by atoms with Gasteiger partial charge in [-0.15, -0.1) is 0 Å². The quantitative estimate of drug-likeness (QED) is 0.579. The number of rotatable bonds is 0. The Morgan fingerprint density at radius 3 is 3.00 bits per heavy atom. The Balaban J connectivity index is 1.58. The van der Waals surface area contributed by atoms with E-state index in [1.807, 2.05) is 18.2 Å². The average molecular weight is 336 g/mol. The van der Waals surface area contributed by atoms with E-state index in [9.17, 15) is 0 Å². The molecular formula is C21H18ClNO. The molecule has 5 rings (SSSR count). The van der Waals surface area contributed by atoms with E-state index in [1.54, 1.807) is 0 Å². The highest BCUT2D eigenvalue weighted by atomic mass is 35.5. The van der Waals surface area contributed by atoms with Gasteiger partial charge in [0.2, 0.25) is 0 Å². The first kappa shape index (κ1) is 14.2. The zero-order valence-corrected chi connectivity index (χ0v) is 14.3. The number of hydrogen-bond acceptors (Lipinski definition) is 1. The fourth-order valence-electron chi connectivity index (χ4n) is 4.02. The number of aryl methyl sites for hydroxylation is 2. The summed E-state index contributed by atoms with van der Waals surface area (Å²) in [6.07, 6.45) is 7.30. The Kier molecular flexibility index (Phi) is 2.90. The SMILES string of the molecule is Cc1ccc2[nH]c3c(c2c1)CC1(C=Cc2cc(Cl)ccc2O1)CC3. The largest absolute Gasteiger partial charge is 0.482 e. The van der Waals surface area contributed by atoms with Gasteiger partial charge in [-0.05, 0) is 61.7 Å². The number of nitrogens with one attached hydrogen (secondary N) is 1. The van der Waals surface area contributed by atoms with Crippen molar-refractivity contribution in [1.29, 1.82) is 0 Å². The fourth-order valence-corrected chi connectivity index (χ4v) is 4.20. The first-order valence-corrected chi connectivity index (χ1v) is 8.78. The van der Waals surface area contributed by atoms with Gasteiger partial charge in [0, 0.05) is 33.6 Å². The molecule has 0 saturated carbocycles. The van der Waals surface area contributed by atoms with Gasteiger partial charge < -0.3 is 9.72 Å². The monoisotopic (exact) mass is 335 g/mol. The van der Waals surface area contributed by atoms with Crippen LogP contribution in [0, 0.1) is 6.92 Å². The van der Waals surface area contributed by atoms with Crippen molar-refractivity contribution in [1.82, 2.24) is 4.98 Å². The molecule has 120 valence electrons. The molecule has 2 nitrogen and oxygen atoms in total. The fraction of sp³-hybridized carbons (Fsp3) is 0.238. The highest BCUT2D eigenvalue weighted by Gasteiger charge is 2.38. The Labute approximate surface area is 146 Å². The molecule has 0 bridgehead atoms. The van der Waals surface area contributed by atoms with Gasteiger partial charge in [0.05, 0.1) is 0 Å². The van der Waals surface area contributed by atoms with Crippen molar-refractivity contribution >= 4 is 28.6 Å². The molecule has 0 saturated heterocycles. The molecule has 2 aliphatic rings.